The Morgan fingerprint density at radius 3 is 2.60 bits per heavy atom. The number of aromatic nitrogens is 2. The van der Waals surface area contributed by atoms with E-state index in [1.165, 1.54) is 12.1 Å². The molecule has 2 aromatic carbocycles. The van der Waals surface area contributed by atoms with E-state index in [-0.39, 0.29) is 18.3 Å². The van der Waals surface area contributed by atoms with Gasteiger partial charge in [-0.3, -0.25) is 10.1 Å². The average molecular weight is 412 g/mol. The predicted molar refractivity (Wildman–Crippen MR) is 110 cm³/mol. The molecule has 2 N–H and O–H groups in total. The standard InChI is InChI=1S/C21H24N4O5/c1-2-29-14-18(26)13-22-19(12-15-6-4-3-5-7-15)21-23-20(24-30-21)16-8-10-17(11-9-16)25(27)28/h3-11,18-19,22,26H,2,12-14H2,1H3/t18-,19+/m1/s1. The van der Waals surface area contributed by atoms with Crippen molar-refractivity contribution in [3.8, 4) is 11.4 Å². The van der Waals surface area contributed by atoms with Crippen LogP contribution in [-0.2, 0) is 11.2 Å². The largest absolute Gasteiger partial charge is 0.389 e. The fourth-order valence-electron chi connectivity index (χ4n) is 2.91. The lowest BCUT2D eigenvalue weighted by Gasteiger charge is -2.18. The Bertz CT molecular complexity index is 930. The predicted octanol–water partition coefficient (Wildman–Crippen LogP) is 2.92. The fourth-order valence-corrected chi connectivity index (χ4v) is 2.91. The summed E-state index contributed by atoms with van der Waals surface area (Å²) in [6.07, 6.45) is -0.0790. The molecule has 30 heavy (non-hydrogen) atoms. The molecule has 0 aliphatic heterocycles. The van der Waals surface area contributed by atoms with Crippen LogP contribution >= 0.6 is 0 Å². The van der Waals surface area contributed by atoms with Crippen LogP contribution in [-0.4, -0.2) is 46.0 Å². The number of benzene rings is 2. The second-order valence-electron chi connectivity index (χ2n) is 6.72. The third-order valence-electron chi connectivity index (χ3n) is 4.47. The fraction of sp³-hybridized carbons (Fsp3) is 0.333. The summed E-state index contributed by atoms with van der Waals surface area (Å²) >= 11 is 0. The maximum Gasteiger partial charge on any atom is 0.269 e. The van der Waals surface area contributed by atoms with Crippen molar-refractivity contribution in [1.29, 1.82) is 0 Å². The number of aliphatic hydroxyl groups excluding tert-OH is 1. The highest BCUT2D eigenvalue weighted by molar-refractivity contribution is 5.56. The highest BCUT2D eigenvalue weighted by Gasteiger charge is 2.21. The van der Waals surface area contributed by atoms with E-state index in [2.05, 4.69) is 15.5 Å². The highest BCUT2D eigenvalue weighted by atomic mass is 16.6. The minimum atomic E-state index is -0.666. The molecule has 0 aliphatic carbocycles. The molecule has 1 aromatic heterocycles. The van der Waals surface area contributed by atoms with Gasteiger partial charge in [0.15, 0.2) is 0 Å². The first-order valence-electron chi connectivity index (χ1n) is 9.68. The minimum absolute atomic E-state index is 0.00521. The van der Waals surface area contributed by atoms with Gasteiger partial charge in [-0.25, -0.2) is 0 Å². The van der Waals surface area contributed by atoms with Gasteiger partial charge in [0.2, 0.25) is 11.7 Å². The van der Waals surface area contributed by atoms with Crippen molar-refractivity contribution >= 4 is 5.69 Å². The van der Waals surface area contributed by atoms with Gasteiger partial charge in [0.25, 0.3) is 5.69 Å². The summed E-state index contributed by atoms with van der Waals surface area (Å²) in [5.41, 5.74) is 1.68. The molecule has 0 saturated heterocycles. The van der Waals surface area contributed by atoms with Gasteiger partial charge in [-0.05, 0) is 31.0 Å². The molecule has 0 radical (unpaired) electrons. The van der Waals surface area contributed by atoms with E-state index in [4.69, 9.17) is 9.26 Å². The van der Waals surface area contributed by atoms with E-state index in [9.17, 15) is 15.2 Å². The molecule has 0 bridgehead atoms. The van der Waals surface area contributed by atoms with Gasteiger partial charge in [0.1, 0.15) is 0 Å². The number of aliphatic hydroxyl groups is 1. The molecule has 0 unspecified atom stereocenters. The van der Waals surface area contributed by atoms with E-state index in [0.717, 1.165) is 5.56 Å². The summed E-state index contributed by atoms with van der Waals surface area (Å²) in [5.74, 6) is 0.713. The number of nitrogens with zero attached hydrogens (tertiary/aromatic N) is 3. The Morgan fingerprint density at radius 1 is 1.20 bits per heavy atom. The SMILES string of the molecule is CCOC[C@H](O)CN[C@@H](Cc1ccccc1)c1nc(-c2ccc([N+](=O)[O-])cc2)no1. The van der Waals surface area contributed by atoms with Crippen LogP contribution in [0.3, 0.4) is 0 Å². The van der Waals surface area contributed by atoms with Gasteiger partial charge in [0, 0.05) is 30.8 Å². The Kier molecular flexibility index (Phi) is 7.61. The van der Waals surface area contributed by atoms with E-state index >= 15 is 0 Å². The molecule has 0 saturated carbocycles. The van der Waals surface area contributed by atoms with Crippen LogP contribution in [0.1, 0.15) is 24.4 Å². The lowest BCUT2D eigenvalue weighted by molar-refractivity contribution is -0.384. The average Bonchev–Trinajstić information content (AvgIpc) is 3.26. The number of rotatable bonds is 11. The van der Waals surface area contributed by atoms with Crippen LogP contribution in [0.4, 0.5) is 5.69 Å². The molecule has 2 atom stereocenters. The van der Waals surface area contributed by atoms with Gasteiger partial charge in [-0.15, -0.1) is 0 Å². The number of hydrogen-bond acceptors (Lipinski definition) is 8. The van der Waals surface area contributed by atoms with Gasteiger partial charge < -0.3 is 19.7 Å². The summed E-state index contributed by atoms with van der Waals surface area (Å²) in [7, 11) is 0. The van der Waals surface area contributed by atoms with Crippen molar-refractivity contribution in [3.63, 3.8) is 0 Å². The summed E-state index contributed by atoms with van der Waals surface area (Å²) in [4.78, 5) is 14.8. The Hall–Kier alpha value is -3.14. The first-order valence-corrected chi connectivity index (χ1v) is 9.68. The van der Waals surface area contributed by atoms with Gasteiger partial charge in [-0.1, -0.05) is 35.5 Å². The number of hydrogen-bond donors (Lipinski definition) is 2. The molecule has 0 spiro atoms. The van der Waals surface area contributed by atoms with E-state index in [0.29, 0.717) is 36.9 Å². The maximum absolute atomic E-state index is 10.8. The van der Waals surface area contributed by atoms with Crippen molar-refractivity contribution in [3.05, 3.63) is 76.2 Å². The quantitative estimate of drug-likeness (QED) is 0.364. The summed E-state index contributed by atoms with van der Waals surface area (Å²) < 4.78 is 10.7. The van der Waals surface area contributed by atoms with Crippen LogP contribution in [0, 0.1) is 10.1 Å². The zero-order valence-corrected chi connectivity index (χ0v) is 16.6. The normalized spacial score (nSPS) is 13.1. The number of nitrogens with one attached hydrogen (secondary N) is 1. The highest BCUT2D eigenvalue weighted by Crippen LogP contribution is 2.23. The van der Waals surface area contributed by atoms with Gasteiger partial charge >= 0.3 is 0 Å². The Balaban J connectivity index is 1.76. The Labute approximate surface area is 173 Å². The molecule has 1 heterocycles. The van der Waals surface area contributed by atoms with E-state index in [1.54, 1.807) is 12.1 Å². The lowest BCUT2D eigenvalue weighted by atomic mass is 10.1. The molecule has 0 fully saturated rings. The molecule has 3 aromatic rings. The first-order chi connectivity index (χ1) is 14.6. The third kappa shape index (κ3) is 5.93. The van der Waals surface area contributed by atoms with E-state index < -0.39 is 11.0 Å². The van der Waals surface area contributed by atoms with Gasteiger partial charge in [-0.2, -0.15) is 4.98 Å². The smallest absolute Gasteiger partial charge is 0.269 e. The number of non-ortho nitro benzene ring substituents is 1. The summed E-state index contributed by atoms with van der Waals surface area (Å²) in [5, 5.41) is 28.2. The molecule has 0 aliphatic rings. The third-order valence-corrected chi connectivity index (χ3v) is 4.47. The monoisotopic (exact) mass is 412 g/mol. The topological polar surface area (TPSA) is 124 Å². The molecule has 9 heteroatoms. The molecule has 3 rings (SSSR count). The zero-order chi connectivity index (χ0) is 21.3. The molecule has 158 valence electrons. The van der Waals surface area contributed by atoms with Crippen molar-refractivity contribution in [2.45, 2.75) is 25.5 Å². The molecular formula is C21H24N4O5. The zero-order valence-electron chi connectivity index (χ0n) is 16.6. The van der Waals surface area contributed by atoms with Crippen molar-refractivity contribution in [1.82, 2.24) is 15.5 Å². The van der Waals surface area contributed by atoms with Crippen LogP contribution < -0.4 is 5.32 Å². The maximum atomic E-state index is 10.8. The van der Waals surface area contributed by atoms with Crippen LogP contribution in [0.2, 0.25) is 0 Å². The molecule has 9 nitrogen and oxygen atoms in total. The first kappa shape index (κ1) is 21.6. The second-order valence-corrected chi connectivity index (χ2v) is 6.72. The number of nitro benzene ring substituents is 1. The number of ether oxygens (including phenoxy) is 1. The second kappa shape index (κ2) is 10.6. The molecular weight excluding hydrogens is 388 g/mol. The minimum Gasteiger partial charge on any atom is -0.389 e. The Morgan fingerprint density at radius 2 is 1.93 bits per heavy atom. The summed E-state index contributed by atoms with van der Waals surface area (Å²) in [6.45, 7) is 2.94. The van der Waals surface area contributed by atoms with Gasteiger partial charge in [0.05, 0.1) is 23.7 Å². The van der Waals surface area contributed by atoms with Crippen LogP contribution in [0.5, 0.6) is 0 Å². The van der Waals surface area contributed by atoms with Crippen molar-refractivity contribution in [2.24, 2.45) is 0 Å². The summed E-state index contributed by atoms with van der Waals surface area (Å²) in [6, 6.07) is 15.5. The van der Waals surface area contributed by atoms with Crippen molar-refractivity contribution < 1.29 is 19.3 Å². The van der Waals surface area contributed by atoms with E-state index in [1.807, 2.05) is 37.3 Å². The van der Waals surface area contributed by atoms with Crippen LogP contribution in [0.15, 0.2) is 59.1 Å². The lowest BCUT2D eigenvalue weighted by Crippen LogP contribution is -2.34. The number of nitro groups is 1. The van der Waals surface area contributed by atoms with Crippen LogP contribution in [0.25, 0.3) is 11.4 Å². The van der Waals surface area contributed by atoms with Crippen molar-refractivity contribution in [2.75, 3.05) is 19.8 Å². The molecule has 0 amide bonds.